The van der Waals surface area contributed by atoms with Gasteiger partial charge in [-0.3, -0.25) is 4.84 Å². The number of nitrogens with zero attached hydrogens (tertiary/aromatic N) is 4. The topological polar surface area (TPSA) is 62.8 Å². The minimum Gasteiger partial charge on any atom is -0.493 e. The molecule has 3 aromatic rings. The third-order valence-electron chi connectivity index (χ3n) is 6.43. The highest BCUT2D eigenvalue weighted by molar-refractivity contribution is 5.85. The lowest BCUT2D eigenvalue weighted by Gasteiger charge is -2.24. The Bertz CT molecular complexity index is 1070. The summed E-state index contributed by atoms with van der Waals surface area (Å²) < 4.78 is 6.14. The highest BCUT2D eigenvalue weighted by Gasteiger charge is 2.29. The summed E-state index contributed by atoms with van der Waals surface area (Å²) in [6.07, 6.45) is 3.71. The Kier molecular flexibility index (Phi) is 10.3. The number of rotatable bonds is 11. The molecule has 0 bridgehead atoms. The number of benzene rings is 2. The molecule has 0 amide bonds. The molecule has 0 aliphatic carbocycles. The normalized spacial score (nSPS) is 15.1. The van der Waals surface area contributed by atoms with Crippen LogP contribution in [0.4, 0.5) is 17.5 Å². The van der Waals surface area contributed by atoms with E-state index in [-0.39, 0.29) is 18.4 Å². The van der Waals surface area contributed by atoms with Crippen molar-refractivity contribution in [3.8, 4) is 5.75 Å². The molecule has 1 aliphatic rings. The van der Waals surface area contributed by atoms with Crippen molar-refractivity contribution in [2.45, 2.75) is 46.6 Å². The molecule has 8 heteroatoms. The van der Waals surface area contributed by atoms with Crippen molar-refractivity contribution in [1.29, 1.82) is 0 Å². The van der Waals surface area contributed by atoms with Crippen molar-refractivity contribution in [1.82, 2.24) is 14.9 Å². The molecule has 0 saturated carbocycles. The van der Waals surface area contributed by atoms with E-state index in [1.54, 1.807) is 6.20 Å². The average Bonchev–Trinajstić information content (AvgIpc) is 3.36. The fourth-order valence-corrected chi connectivity index (χ4v) is 4.59. The minimum atomic E-state index is 0. The van der Waals surface area contributed by atoms with Crippen LogP contribution < -0.4 is 15.1 Å². The summed E-state index contributed by atoms with van der Waals surface area (Å²) in [6.45, 7) is 13.2. The van der Waals surface area contributed by atoms with E-state index in [2.05, 4.69) is 79.3 Å². The smallest absolute Gasteiger partial charge is 0.229 e. The molecule has 2 heterocycles. The van der Waals surface area contributed by atoms with Gasteiger partial charge in [0.1, 0.15) is 5.75 Å². The molecule has 0 spiro atoms. The van der Waals surface area contributed by atoms with Crippen LogP contribution in [-0.4, -0.2) is 47.7 Å². The zero-order chi connectivity index (χ0) is 24.6. The third-order valence-corrected chi connectivity index (χ3v) is 6.43. The zero-order valence-corrected chi connectivity index (χ0v) is 22.6. The van der Waals surface area contributed by atoms with Gasteiger partial charge in [-0.1, -0.05) is 44.2 Å². The quantitative estimate of drug-likeness (QED) is 0.305. The molecule has 194 valence electrons. The van der Waals surface area contributed by atoms with Gasteiger partial charge in [-0.15, -0.1) is 12.4 Å². The van der Waals surface area contributed by atoms with Crippen LogP contribution in [0.25, 0.3) is 0 Å². The highest BCUT2D eigenvalue weighted by atomic mass is 35.5. The van der Waals surface area contributed by atoms with Gasteiger partial charge in [0.05, 0.1) is 19.3 Å². The van der Waals surface area contributed by atoms with E-state index in [0.717, 1.165) is 60.9 Å². The number of hydrogen-bond donors (Lipinski definition) is 1. The molecule has 7 nitrogen and oxygen atoms in total. The van der Waals surface area contributed by atoms with Gasteiger partial charge in [0.25, 0.3) is 0 Å². The average molecular weight is 512 g/mol. The molecular weight excluding hydrogens is 474 g/mol. The fraction of sp³-hybridized carbons (Fsp3) is 0.429. The van der Waals surface area contributed by atoms with Gasteiger partial charge in [0, 0.05) is 30.9 Å². The molecule has 1 aliphatic heterocycles. The molecule has 2 aromatic carbocycles. The largest absolute Gasteiger partial charge is 0.493 e. The Hall–Kier alpha value is -2.87. The van der Waals surface area contributed by atoms with Crippen molar-refractivity contribution in [2.24, 2.45) is 0 Å². The summed E-state index contributed by atoms with van der Waals surface area (Å²) in [4.78, 5) is 17.5. The number of hydrogen-bond acceptors (Lipinski definition) is 7. The summed E-state index contributed by atoms with van der Waals surface area (Å²) in [5.74, 6) is 2.24. The number of anilines is 3. The monoisotopic (exact) mass is 511 g/mol. The molecule has 1 N–H and O–H groups in total. The van der Waals surface area contributed by atoms with Crippen LogP contribution in [0.15, 0.2) is 54.7 Å². The molecule has 1 aromatic heterocycles. The van der Waals surface area contributed by atoms with Crippen LogP contribution in [0.1, 0.15) is 49.4 Å². The molecule has 1 fully saturated rings. The van der Waals surface area contributed by atoms with Gasteiger partial charge in [-0.2, -0.15) is 4.98 Å². The lowest BCUT2D eigenvalue weighted by Crippen LogP contribution is -2.25. The molecular formula is C28H38ClN5O2. The van der Waals surface area contributed by atoms with Crippen molar-refractivity contribution >= 4 is 29.9 Å². The van der Waals surface area contributed by atoms with Gasteiger partial charge >= 0.3 is 0 Å². The summed E-state index contributed by atoms with van der Waals surface area (Å²) in [5, 5.41) is 5.26. The maximum absolute atomic E-state index is 6.14. The van der Waals surface area contributed by atoms with Crippen LogP contribution in [0.5, 0.6) is 5.75 Å². The Labute approximate surface area is 221 Å². The predicted octanol–water partition coefficient (Wildman–Crippen LogP) is 6.25. The van der Waals surface area contributed by atoms with E-state index in [4.69, 9.17) is 14.6 Å². The lowest BCUT2D eigenvalue weighted by molar-refractivity contribution is 0.157. The molecule has 1 saturated heterocycles. The summed E-state index contributed by atoms with van der Waals surface area (Å²) >= 11 is 0. The van der Waals surface area contributed by atoms with Crippen molar-refractivity contribution in [2.75, 3.05) is 43.2 Å². The van der Waals surface area contributed by atoms with Gasteiger partial charge in [0.2, 0.25) is 5.95 Å². The number of hydroxylamine groups is 1. The summed E-state index contributed by atoms with van der Waals surface area (Å²) in [6, 6.07) is 16.6. The first-order chi connectivity index (χ1) is 17.1. The Morgan fingerprint density at radius 1 is 1.08 bits per heavy atom. The Morgan fingerprint density at radius 2 is 1.81 bits per heavy atom. The van der Waals surface area contributed by atoms with Crippen LogP contribution in [-0.2, 0) is 4.84 Å². The second kappa shape index (κ2) is 13.4. The number of halogens is 1. The summed E-state index contributed by atoms with van der Waals surface area (Å²) in [5.41, 5.74) is 4.35. The number of nitrogens with one attached hydrogen (secondary N) is 1. The van der Waals surface area contributed by atoms with E-state index in [1.807, 2.05) is 17.2 Å². The molecule has 36 heavy (non-hydrogen) atoms. The fourth-order valence-electron chi connectivity index (χ4n) is 4.59. The van der Waals surface area contributed by atoms with Gasteiger partial charge < -0.3 is 15.0 Å². The highest BCUT2D eigenvalue weighted by Crippen LogP contribution is 2.34. The van der Waals surface area contributed by atoms with Gasteiger partial charge in [-0.25, -0.2) is 10.0 Å². The van der Waals surface area contributed by atoms with Gasteiger partial charge in [0.15, 0.2) is 5.82 Å². The van der Waals surface area contributed by atoms with Crippen LogP contribution >= 0.6 is 12.4 Å². The molecule has 0 unspecified atom stereocenters. The first kappa shape index (κ1) is 27.7. The van der Waals surface area contributed by atoms with E-state index < -0.39 is 0 Å². The number of aromatic nitrogens is 2. The lowest BCUT2D eigenvalue weighted by atomic mass is 10.0. The van der Waals surface area contributed by atoms with Crippen molar-refractivity contribution in [3.05, 3.63) is 71.4 Å². The standard InChI is InChI=1S/C28H37N5O2.ClH/c1-5-32(6-2)16-10-17-34-27-21(3)19-24(20-22(27)4)30-28-29-15-13-26(31-28)33-25(14-18-35-33)23-11-8-7-9-12-23;/h7-9,11-13,15,19-20,25H,5-6,10,14,16-18H2,1-4H3,(H,29,30,31);1H/t25-;/m0./s1. The third kappa shape index (κ3) is 6.87. The zero-order valence-electron chi connectivity index (χ0n) is 21.7. The predicted molar refractivity (Wildman–Crippen MR) is 149 cm³/mol. The van der Waals surface area contributed by atoms with Crippen LogP contribution in [0, 0.1) is 13.8 Å². The maximum atomic E-state index is 6.14. The maximum Gasteiger partial charge on any atom is 0.229 e. The van der Waals surface area contributed by atoms with E-state index in [0.29, 0.717) is 19.2 Å². The van der Waals surface area contributed by atoms with E-state index in [9.17, 15) is 0 Å². The van der Waals surface area contributed by atoms with Crippen molar-refractivity contribution < 1.29 is 9.57 Å². The molecule has 0 radical (unpaired) electrons. The Balaban J connectivity index is 0.00000361. The van der Waals surface area contributed by atoms with E-state index in [1.165, 1.54) is 5.56 Å². The van der Waals surface area contributed by atoms with Crippen LogP contribution in [0.2, 0.25) is 0 Å². The number of ether oxygens (including phenoxy) is 1. The second-order valence-electron chi connectivity index (χ2n) is 8.91. The molecule has 4 rings (SSSR count). The number of aryl methyl sites for hydroxylation is 2. The minimum absolute atomic E-state index is 0. The first-order valence-electron chi connectivity index (χ1n) is 12.6. The molecule has 1 atom stereocenters. The van der Waals surface area contributed by atoms with Crippen LogP contribution in [0.3, 0.4) is 0 Å². The first-order valence-corrected chi connectivity index (χ1v) is 12.6. The van der Waals surface area contributed by atoms with Gasteiger partial charge in [-0.05, 0) is 62.2 Å². The van der Waals surface area contributed by atoms with E-state index >= 15 is 0 Å². The Morgan fingerprint density at radius 3 is 2.50 bits per heavy atom. The van der Waals surface area contributed by atoms with Crippen molar-refractivity contribution in [3.63, 3.8) is 0 Å². The summed E-state index contributed by atoms with van der Waals surface area (Å²) in [7, 11) is 0. The second-order valence-corrected chi connectivity index (χ2v) is 8.91. The SMILES string of the molecule is CCN(CC)CCCOc1c(C)cc(Nc2nccc(N3OCC[C@H]3c3ccccc3)n2)cc1C.Cl.